The molecule has 0 amide bonds. The highest BCUT2D eigenvalue weighted by Gasteiger charge is 2.24. The fourth-order valence-corrected chi connectivity index (χ4v) is 2.63. The second kappa shape index (κ2) is 4.89. The highest BCUT2D eigenvalue weighted by Crippen LogP contribution is 2.37. The number of para-hydroxylation sites is 2. The molecule has 2 heterocycles. The smallest absolute Gasteiger partial charge is 0.149 e. The van der Waals surface area contributed by atoms with Crippen molar-refractivity contribution in [3.8, 4) is 11.8 Å². The van der Waals surface area contributed by atoms with Crippen molar-refractivity contribution >= 4 is 11.5 Å². The molecule has 3 rings (SSSR count). The molecule has 1 aromatic carbocycles. The molecule has 20 heavy (non-hydrogen) atoms. The SMILES string of the molecule is Cc1nn(C)c(N2CCCOc3ccccc32)c1C#N. The molecule has 0 unspecified atom stereocenters. The normalized spacial score (nSPS) is 14.2. The molecule has 0 radical (unpaired) electrons. The maximum atomic E-state index is 9.40. The van der Waals surface area contributed by atoms with Crippen molar-refractivity contribution in [1.82, 2.24) is 9.78 Å². The third kappa shape index (κ3) is 1.90. The van der Waals surface area contributed by atoms with E-state index in [4.69, 9.17) is 4.74 Å². The van der Waals surface area contributed by atoms with Crippen LogP contribution < -0.4 is 9.64 Å². The Balaban J connectivity index is 2.18. The summed E-state index contributed by atoms with van der Waals surface area (Å²) >= 11 is 0. The minimum Gasteiger partial charge on any atom is -0.491 e. The van der Waals surface area contributed by atoms with Gasteiger partial charge < -0.3 is 9.64 Å². The summed E-state index contributed by atoms with van der Waals surface area (Å²) in [5, 5.41) is 13.8. The fourth-order valence-electron chi connectivity index (χ4n) is 2.63. The van der Waals surface area contributed by atoms with Crippen molar-refractivity contribution in [2.24, 2.45) is 7.05 Å². The van der Waals surface area contributed by atoms with Crippen molar-refractivity contribution in [3.05, 3.63) is 35.5 Å². The number of hydrogen-bond donors (Lipinski definition) is 0. The first kappa shape index (κ1) is 12.5. The molecule has 0 bridgehead atoms. The standard InChI is InChI=1S/C15H16N4O/c1-11-12(10-16)15(18(2)17-11)19-8-5-9-20-14-7-4-3-6-13(14)19/h3-4,6-7H,5,8-9H2,1-2H3. The van der Waals surface area contributed by atoms with Crippen LogP contribution in [-0.2, 0) is 7.05 Å². The average Bonchev–Trinajstić information content (AvgIpc) is 2.63. The van der Waals surface area contributed by atoms with Gasteiger partial charge in [-0.15, -0.1) is 0 Å². The number of nitrogens with zero attached hydrogens (tertiary/aromatic N) is 4. The summed E-state index contributed by atoms with van der Waals surface area (Å²) in [6, 6.07) is 10.2. The van der Waals surface area contributed by atoms with E-state index in [0.717, 1.165) is 35.9 Å². The Hall–Kier alpha value is -2.48. The first-order valence-corrected chi connectivity index (χ1v) is 6.65. The Labute approximate surface area is 118 Å². The van der Waals surface area contributed by atoms with Crippen LogP contribution in [0.1, 0.15) is 17.7 Å². The molecule has 0 aliphatic carbocycles. The molecule has 0 atom stereocenters. The summed E-state index contributed by atoms with van der Waals surface area (Å²) in [5.41, 5.74) is 2.38. The maximum Gasteiger partial charge on any atom is 0.149 e. The average molecular weight is 268 g/mol. The van der Waals surface area contributed by atoms with Crippen LogP contribution in [-0.4, -0.2) is 22.9 Å². The predicted octanol–water partition coefficient (Wildman–Crippen LogP) is 2.52. The van der Waals surface area contributed by atoms with Crippen LogP contribution in [0.4, 0.5) is 11.5 Å². The lowest BCUT2D eigenvalue weighted by molar-refractivity contribution is 0.322. The van der Waals surface area contributed by atoms with E-state index in [0.29, 0.717) is 12.2 Å². The lowest BCUT2D eigenvalue weighted by Crippen LogP contribution is -2.21. The topological polar surface area (TPSA) is 54.1 Å². The Bertz CT molecular complexity index is 684. The Kier molecular flexibility index (Phi) is 3.07. The van der Waals surface area contributed by atoms with Crippen LogP contribution in [0.5, 0.6) is 5.75 Å². The van der Waals surface area contributed by atoms with E-state index in [-0.39, 0.29) is 0 Å². The van der Waals surface area contributed by atoms with Gasteiger partial charge in [-0.05, 0) is 25.5 Å². The maximum absolute atomic E-state index is 9.40. The number of aromatic nitrogens is 2. The largest absolute Gasteiger partial charge is 0.491 e. The van der Waals surface area contributed by atoms with Crippen molar-refractivity contribution < 1.29 is 4.74 Å². The van der Waals surface area contributed by atoms with Crippen LogP contribution in [0.25, 0.3) is 0 Å². The molecule has 0 spiro atoms. The van der Waals surface area contributed by atoms with Crippen molar-refractivity contribution in [2.45, 2.75) is 13.3 Å². The first-order valence-electron chi connectivity index (χ1n) is 6.65. The number of rotatable bonds is 1. The summed E-state index contributed by atoms with van der Waals surface area (Å²) in [7, 11) is 1.87. The lowest BCUT2D eigenvalue weighted by Gasteiger charge is -2.23. The number of hydrogen-bond acceptors (Lipinski definition) is 4. The molecule has 5 nitrogen and oxygen atoms in total. The van der Waals surface area contributed by atoms with Gasteiger partial charge in [-0.1, -0.05) is 12.1 Å². The first-order chi connectivity index (χ1) is 9.72. The van der Waals surface area contributed by atoms with Crippen LogP contribution >= 0.6 is 0 Å². The third-order valence-electron chi connectivity index (χ3n) is 3.50. The van der Waals surface area contributed by atoms with Crippen molar-refractivity contribution in [2.75, 3.05) is 18.1 Å². The fraction of sp³-hybridized carbons (Fsp3) is 0.333. The number of ether oxygens (including phenoxy) is 1. The van der Waals surface area contributed by atoms with E-state index < -0.39 is 0 Å². The Morgan fingerprint density at radius 3 is 2.95 bits per heavy atom. The summed E-state index contributed by atoms with van der Waals surface area (Å²) < 4.78 is 7.54. The summed E-state index contributed by atoms with van der Waals surface area (Å²) in [4.78, 5) is 2.13. The molecule has 1 aliphatic heterocycles. The van der Waals surface area contributed by atoms with E-state index in [1.807, 2.05) is 38.2 Å². The van der Waals surface area contributed by atoms with Gasteiger partial charge in [0.25, 0.3) is 0 Å². The minimum atomic E-state index is 0.629. The Morgan fingerprint density at radius 1 is 1.35 bits per heavy atom. The summed E-state index contributed by atoms with van der Waals surface area (Å²) in [6.45, 7) is 3.36. The predicted molar refractivity (Wildman–Crippen MR) is 76.2 cm³/mol. The molecule has 0 saturated carbocycles. The van der Waals surface area contributed by atoms with Crippen LogP contribution in [0, 0.1) is 18.3 Å². The van der Waals surface area contributed by atoms with Gasteiger partial charge in [0.15, 0.2) is 0 Å². The molecule has 0 fully saturated rings. The molecule has 0 N–H and O–H groups in total. The quantitative estimate of drug-likeness (QED) is 0.797. The van der Waals surface area contributed by atoms with Gasteiger partial charge in [-0.25, -0.2) is 0 Å². The molecule has 1 aromatic heterocycles. The van der Waals surface area contributed by atoms with Gasteiger partial charge in [-0.2, -0.15) is 10.4 Å². The second-order valence-electron chi connectivity index (χ2n) is 4.84. The second-order valence-corrected chi connectivity index (χ2v) is 4.84. The monoisotopic (exact) mass is 268 g/mol. The van der Waals surface area contributed by atoms with Crippen LogP contribution in [0.15, 0.2) is 24.3 Å². The minimum absolute atomic E-state index is 0.629. The van der Waals surface area contributed by atoms with Gasteiger partial charge in [0.2, 0.25) is 0 Å². The highest BCUT2D eigenvalue weighted by atomic mass is 16.5. The number of benzene rings is 1. The molecule has 1 aliphatic rings. The molecule has 2 aromatic rings. The van der Waals surface area contributed by atoms with E-state index >= 15 is 0 Å². The third-order valence-corrected chi connectivity index (χ3v) is 3.50. The number of nitriles is 1. The molecule has 0 saturated heterocycles. The number of aryl methyl sites for hydroxylation is 2. The number of fused-ring (bicyclic) bond motifs is 1. The van der Waals surface area contributed by atoms with Crippen molar-refractivity contribution in [1.29, 1.82) is 5.26 Å². The molecular formula is C15H16N4O. The van der Waals surface area contributed by atoms with Gasteiger partial charge in [-0.3, -0.25) is 4.68 Å². The zero-order valence-corrected chi connectivity index (χ0v) is 11.6. The van der Waals surface area contributed by atoms with Crippen LogP contribution in [0.2, 0.25) is 0 Å². The van der Waals surface area contributed by atoms with Gasteiger partial charge in [0, 0.05) is 13.6 Å². The van der Waals surface area contributed by atoms with E-state index in [1.54, 1.807) is 4.68 Å². The van der Waals surface area contributed by atoms with Crippen LogP contribution in [0.3, 0.4) is 0 Å². The molecule has 5 heteroatoms. The lowest BCUT2D eigenvalue weighted by atomic mass is 10.2. The van der Waals surface area contributed by atoms with E-state index in [1.165, 1.54) is 0 Å². The van der Waals surface area contributed by atoms with Gasteiger partial charge in [0.1, 0.15) is 23.2 Å². The zero-order valence-electron chi connectivity index (χ0n) is 11.6. The Morgan fingerprint density at radius 2 is 2.15 bits per heavy atom. The zero-order chi connectivity index (χ0) is 14.1. The molecule has 102 valence electrons. The summed E-state index contributed by atoms with van der Waals surface area (Å²) in [5.74, 6) is 1.69. The van der Waals surface area contributed by atoms with Crippen molar-refractivity contribution in [3.63, 3.8) is 0 Å². The van der Waals surface area contributed by atoms with E-state index in [9.17, 15) is 5.26 Å². The highest BCUT2D eigenvalue weighted by molar-refractivity contribution is 5.72. The van der Waals surface area contributed by atoms with Gasteiger partial charge in [0.05, 0.1) is 18.0 Å². The van der Waals surface area contributed by atoms with E-state index in [2.05, 4.69) is 16.1 Å². The number of anilines is 2. The molecular weight excluding hydrogens is 252 g/mol. The summed E-state index contributed by atoms with van der Waals surface area (Å²) in [6.07, 6.45) is 0.907. The van der Waals surface area contributed by atoms with Gasteiger partial charge >= 0.3 is 0 Å².